The van der Waals surface area contributed by atoms with E-state index in [1.54, 1.807) is 0 Å². The second kappa shape index (κ2) is 6.70. The Kier molecular flexibility index (Phi) is 4.43. The van der Waals surface area contributed by atoms with E-state index in [1.807, 2.05) is 29.2 Å². The summed E-state index contributed by atoms with van der Waals surface area (Å²) in [5.41, 5.74) is 6.86. The Bertz CT molecular complexity index is 730. The maximum Gasteiger partial charge on any atom is 0.257 e. The molecule has 3 N–H and O–H groups in total. The first-order chi connectivity index (χ1) is 11.7. The highest BCUT2D eigenvalue weighted by atomic mass is 32.1. The van der Waals surface area contributed by atoms with Crippen LogP contribution in [0, 0.1) is 0 Å². The first-order valence-electron chi connectivity index (χ1n) is 8.75. The standard InChI is InChI=1S/C18H24N4OS/c19-17-16(14-3-1-2-4-15(14)24-17)18(23)22-11-9-21(10-12-22)13-5-7-20-8-6-13/h1-4,13,20H,5-12,19H2. The van der Waals surface area contributed by atoms with Crippen LogP contribution in [0.5, 0.6) is 0 Å². The van der Waals surface area contributed by atoms with Gasteiger partial charge in [-0.2, -0.15) is 0 Å². The molecule has 24 heavy (non-hydrogen) atoms. The van der Waals surface area contributed by atoms with E-state index in [1.165, 1.54) is 24.2 Å². The van der Waals surface area contributed by atoms with Crippen molar-refractivity contribution in [1.82, 2.24) is 15.1 Å². The molecule has 4 rings (SSSR count). The van der Waals surface area contributed by atoms with E-state index in [4.69, 9.17) is 5.73 Å². The number of hydrogen-bond donors (Lipinski definition) is 2. The Labute approximate surface area is 146 Å². The molecular formula is C18H24N4OS. The van der Waals surface area contributed by atoms with Gasteiger partial charge in [-0.3, -0.25) is 9.69 Å². The molecule has 2 saturated heterocycles. The largest absolute Gasteiger partial charge is 0.390 e. The number of benzene rings is 1. The van der Waals surface area contributed by atoms with Gasteiger partial charge in [-0.15, -0.1) is 11.3 Å². The fourth-order valence-electron chi connectivity index (χ4n) is 3.91. The van der Waals surface area contributed by atoms with E-state index in [-0.39, 0.29) is 5.91 Å². The van der Waals surface area contributed by atoms with E-state index in [0.29, 0.717) is 16.6 Å². The molecule has 1 aromatic carbocycles. The van der Waals surface area contributed by atoms with Crippen LogP contribution >= 0.6 is 11.3 Å². The van der Waals surface area contributed by atoms with Crippen LogP contribution < -0.4 is 11.1 Å². The van der Waals surface area contributed by atoms with Gasteiger partial charge in [0.15, 0.2) is 0 Å². The zero-order chi connectivity index (χ0) is 16.5. The SMILES string of the molecule is Nc1sc2ccccc2c1C(=O)N1CCN(C2CCNCC2)CC1. The van der Waals surface area contributed by atoms with E-state index in [0.717, 1.165) is 49.4 Å². The lowest BCUT2D eigenvalue weighted by atomic mass is 10.0. The molecule has 1 amide bonds. The molecule has 2 aromatic rings. The molecule has 0 bridgehead atoms. The van der Waals surface area contributed by atoms with Gasteiger partial charge in [0.1, 0.15) is 0 Å². The Hall–Kier alpha value is -1.63. The number of fused-ring (bicyclic) bond motifs is 1. The molecule has 2 aliphatic rings. The number of nitrogen functional groups attached to an aromatic ring is 1. The predicted molar refractivity (Wildman–Crippen MR) is 99.6 cm³/mol. The lowest BCUT2D eigenvalue weighted by molar-refractivity contribution is 0.0535. The minimum atomic E-state index is 0.0925. The summed E-state index contributed by atoms with van der Waals surface area (Å²) >= 11 is 1.51. The molecular weight excluding hydrogens is 320 g/mol. The average Bonchev–Trinajstić information content (AvgIpc) is 2.98. The van der Waals surface area contributed by atoms with Crippen LogP contribution in [0.3, 0.4) is 0 Å². The van der Waals surface area contributed by atoms with Gasteiger partial charge in [-0.05, 0) is 32.0 Å². The molecule has 0 saturated carbocycles. The van der Waals surface area contributed by atoms with Gasteiger partial charge in [0.25, 0.3) is 5.91 Å². The lowest BCUT2D eigenvalue weighted by Gasteiger charge is -2.40. The highest BCUT2D eigenvalue weighted by molar-refractivity contribution is 7.23. The van der Waals surface area contributed by atoms with Crippen molar-refractivity contribution < 1.29 is 4.79 Å². The summed E-state index contributed by atoms with van der Waals surface area (Å²) in [5.74, 6) is 0.0925. The number of nitrogens with two attached hydrogens (primary N) is 1. The number of amides is 1. The Morgan fingerprint density at radius 2 is 1.83 bits per heavy atom. The third kappa shape index (κ3) is 2.90. The van der Waals surface area contributed by atoms with E-state index in [9.17, 15) is 4.79 Å². The van der Waals surface area contributed by atoms with E-state index >= 15 is 0 Å². The summed E-state index contributed by atoms with van der Waals surface area (Å²) in [6.07, 6.45) is 2.44. The van der Waals surface area contributed by atoms with Gasteiger partial charge >= 0.3 is 0 Å². The quantitative estimate of drug-likeness (QED) is 0.875. The first kappa shape index (κ1) is 15.9. The van der Waals surface area contributed by atoms with Crippen molar-refractivity contribution in [3.63, 3.8) is 0 Å². The Balaban J connectivity index is 1.47. The zero-order valence-corrected chi connectivity index (χ0v) is 14.6. The summed E-state index contributed by atoms with van der Waals surface area (Å²) in [6, 6.07) is 8.67. The number of carbonyl (C=O) groups excluding carboxylic acids is 1. The zero-order valence-electron chi connectivity index (χ0n) is 13.8. The van der Waals surface area contributed by atoms with Crippen LogP contribution in [-0.4, -0.2) is 61.0 Å². The van der Waals surface area contributed by atoms with Crippen LogP contribution in [-0.2, 0) is 0 Å². The van der Waals surface area contributed by atoms with Gasteiger partial charge in [-0.1, -0.05) is 18.2 Å². The third-order valence-electron chi connectivity index (χ3n) is 5.26. The number of hydrogen-bond acceptors (Lipinski definition) is 5. The molecule has 0 radical (unpaired) electrons. The number of carbonyl (C=O) groups is 1. The van der Waals surface area contributed by atoms with Crippen molar-refractivity contribution in [2.75, 3.05) is 45.0 Å². The lowest BCUT2D eigenvalue weighted by Crippen LogP contribution is -2.54. The molecule has 0 aliphatic carbocycles. The van der Waals surface area contributed by atoms with Crippen molar-refractivity contribution in [3.05, 3.63) is 29.8 Å². The highest BCUT2D eigenvalue weighted by Gasteiger charge is 2.29. The topological polar surface area (TPSA) is 61.6 Å². The molecule has 0 unspecified atom stereocenters. The average molecular weight is 344 g/mol. The number of piperazine rings is 1. The number of piperidine rings is 1. The molecule has 6 heteroatoms. The number of thiophene rings is 1. The fourth-order valence-corrected chi connectivity index (χ4v) is 4.87. The summed E-state index contributed by atoms with van der Waals surface area (Å²) in [5, 5.41) is 5.05. The summed E-state index contributed by atoms with van der Waals surface area (Å²) in [7, 11) is 0. The van der Waals surface area contributed by atoms with Crippen LogP contribution in [0.2, 0.25) is 0 Å². The third-order valence-corrected chi connectivity index (χ3v) is 6.26. The maximum atomic E-state index is 13.0. The van der Waals surface area contributed by atoms with Crippen molar-refractivity contribution in [3.8, 4) is 0 Å². The second-order valence-electron chi connectivity index (χ2n) is 6.65. The number of nitrogens with one attached hydrogen (secondary N) is 1. The van der Waals surface area contributed by atoms with Gasteiger partial charge in [0.2, 0.25) is 0 Å². The van der Waals surface area contributed by atoms with E-state index in [2.05, 4.69) is 10.2 Å². The summed E-state index contributed by atoms with van der Waals surface area (Å²) in [6.45, 7) is 5.76. The van der Waals surface area contributed by atoms with Crippen LogP contribution in [0.15, 0.2) is 24.3 Å². The molecule has 2 fully saturated rings. The smallest absolute Gasteiger partial charge is 0.257 e. The number of anilines is 1. The molecule has 128 valence electrons. The minimum absolute atomic E-state index is 0.0925. The summed E-state index contributed by atoms with van der Waals surface area (Å²) in [4.78, 5) is 17.5. The highest BCUT2D eigenvalue weighted by Crippen LogP contribution is 2.34. The molecule has 2 aliphatic heterocycles. The van der Waals surface area contributed by atoms with Gasteiger partial charge in [-0.25, -0.2) is 0 Å². The summed E-state index contributed by atoms with van der Waals surface area (Å²) < 4.78 is 1.09. The molecule has 3 heterocycles. The Morgan fingerprint density at radius 3 is 2.58 bits per heavy atom. The van der Waals surface area contributed by atoms with Crippen molar-refractivity contribution in [2.45, 2.75) is 18.9 Å². The molecule has 0 atom stereocenters. The van der Waals surface area contributed by atoms with Gasteiger partial charge < -0.3 is 16.0 Å². The second-order valence-corrected chi connectivity index (χ2v) is 7.73. The Morgan fingerprint density at radius 1 is 1.12 bits per heavy atom. The number of nitrogens with zero attached hydrogens (tertiary/aromatic N) is 2. The van der Waals surface area contributed by atoms with Gasteiger partial charge in [0, 0.05) is 42.3 Å². The van der Waals surface area contributed by atoms with Crippen LogP contribution in [0.25, 0.3) is 10.1 Å². The fraction of sp³-hybridized carbons (Fsp3) is 0.500. The molecule has 1 aromatic heterocycles. The van der Waals surface area contributed by atoms with Gasteiger partial charge in [0.05, 0.1) is 10.6 Å². The van der Waals surface area contributed by atoms with Crippen molar-refractivity contribution in [1.29, 1.82) is 0 Å². The monoisotopic (exact) mass is 344 g/mol. The van der Waals surface area contributed by atoms with Crippen molar-refractivity contribution >= 4 is 32.3 Å². The van der Waals surface area contributed by atoms with E-state index < -0.39 is 0 Å². The first-order valence-corrected chi connectivity index (χ1v) is 9.57. The molecule has 0 spiro atoms. The number of rotatable bonds is 2. The maximum absolute atomic E-state index is 13.0. The van der Waals surface area contributed by atoms with Crippen LogP contribution in [0.1, 0.15) is 23.2 Å². The predicted octanol–water partition coefficient (Wildman–Crippen LogP) is 1.99. The normalized spacial score (nSPS) is 20.6. The minimum Gasteiger partial charge on any atom is -0.390 e. The van der Waals surface area contributed by atoms with Crippen LogP contribution in [0.4, 0.5) is 5.00 Å². The van der Waals surface area contributed by atoms with Crippen molar-refractivity contribution in [2.24, 2.45) is 0 Å². The molecule has 5 nitrogen and oxygen atoms in total.